The first kappa shape index (κ1) is 16.7. The van der Waals surface area contributed by atoms with Gasteiger partial charge in [0.2, 0.25) is 0 Å². The molecule has 0 saturated carbocycles. The van der Waals surface area contributed by atoms with Crippen molar-refractivity contribution in [2.75, 3.05) is 11.9 Å². The summed E-state index contributed by atoms with van der Waals surface area (Å²) < 4.78 is 6.22. The number of aromatic nitrogens is 1. The fourth-order valence-corrected chi connectivity index (χ4v) is 2.90. The molecule has 3 rings (SSSR count). The summed E-state index contributed by atoms with van der Waals surface area (Å²) in [6.45, 7) is 1.72. The maximum atomic E-state index is 13.0. The van der Waals surface area contributed by atoms with Crippen LogP contribution in [0, 0.1) is 6.92 Å². The molecule has 0 aliphatic carbocycles. The maximum absolute atomic E-state index is 13.0. The van der Waals surface area contributed by atoms with E-state index in [4.69, 9.17) is 16.1 Å². The molecule has 0 N–H and O–H groups in total. The lowest BCUT2D eigenvalue weighted by atomic mass is 10.0. The molecule has 1 heterocycles. The van der Waals surface area contributed by atoms with Crippen LogP contribution >= 0.6 is 27.5 Å². The summed E-state index contributed by atoms with van der Waals surface area (Å²) in [7, 11) is 1.72. The third-order valence-corrected chi connectivity index (χ3v) is 4.58. The number of amides is 1. The van der Waals surface area contributed by atoms with Crippen molar-refractivity contribution in [3.63, 3.8) is 0 Å². The molecule has 122 valence electrons. The highest BCUT2D eigenvalue weighted by Gasteiger charge is 2.26. The lowest BCUT2D eigenvalue weighted by Gasteiger charge is -2.17. The van der Waals surface area contributed by atoms with Crippen LogP contribution in [-0.2, 0) is 0 Å². The van der Waals surface area contributed by atoms with Crippen molar-refractivity contribution in [2.45, 2.75) is 6.92 Å². The van der Waals surface area contributed by atoms with Crippen LogP contribution in [-0.4, -0.2) is 18.1 Å². The van der Waals surface area contributed by atoms with Crippen molar-refractivity contribution in [3.8, 4) is 11.3 Å². The molecule has 0 fully saturated rings. The Morgan fingerprint density at radius 1 is 1.17 bits per heavy atom. The first-order chi connectivity index (χ1) is 11.5. The molecule has 24 heavy (non-hydrogen) atoms. The van der Waals surface area contributed by atoms with Crippen molar-refractivity contribution < 1.29 is 9.32 Å². The summed E-state index contributed by atoms with van der Waals surface area (Å²) in [4.78, 5) is 14.6. The second-order valence-corrected chi connectivity index (χ2v) is 6.61. The van der Waals surface area contributed by atoms with Gasteiger partial charge in [-0.15, -0.1) is 0 Å². The minimum Gasteiger partial charge on any atom is -0.360 e. The molecule has 2 aromatic carbocycles. The van der Waals surface area contributed by atoms with Gasteiger partial charge in [-0.25, -0.2) is 0 Å². The number of hydrogen-bond acceptors (Lipinski definition) is 3. The molecule has 1 aromatic heterocycles. The van der Waals surface area contributed by atoms with Gasteiger partial charge < -0.3 is 9.42 Å². The number of anilines is 1. The normalized spacial score (nSPS) is 10.7. The maximum Gasteiger partial charge on any atom is 0.263 e. The van der Waals surface area contributed by atoms with Gasteiger partial charge in [0.15, 0.2) is 0 Å². The standard InChI is InChI=1S/C18H14BrClN2O2/c1-11-16(17(21-24-11)14-5-3-4-6-15(14)20)18(23)22(2)13-9-7-12(19)8-10-13/h3-10H,1-2H3. The molecule has 0 aliphatic heterocycles. The number of aryl methyl sites for hydroxylation is 1. The van der Waals surface area contributed by atoms with E-state index in [2.05, 4.69) is 21.1 Å². The molecule has 4 nitrogen and oxygen atoms in total. The third-order valence-electron chi connectivity index (χ3n) is 3.72. The molecule has 0 saturated heterocycles. The van der Waals surface area contributed by atoms with Crippen molar-refractivity contribution in [1.29, 1.82) is 0 Å². The van der Waals surface area contributed by atoms with Gasteiger partial charge in [-0.1, -0.05) is 50.9 Å². The van der Waals surface area contributed by atoms with Gasteiger partial charge in [0.25, 0.3) is 5.91 Å². The van der Waals surface area contributed by atoms with Gasteiger partial charge in [0.05, 0.1) is 5.02 Å². The van der Waals surface area contributed by atoms with E-state index in [9.17, 15) is 4.79 Å². The SMILES string of the molecule is Cc1onc(-c2ccccc2Cl)c1C(=O)N(C)c1ccc(Br)cc1. The average Bonchev–Trinajstić information content (AvgIpc) is 2.96. The highest BCUT2D eigenvalue weighted by molar-refractivity contribution is 9.10. The molecule has 0 atom stereocenters. The molecule has 0 spiro atoms. The Morgan fingerprint density at radius 2 is 1.83 bits per heavy atom. The van der Waals surface area contributed by atoms with Gasteiger partial charge in [-0.3, -0.25) is 4.79 Å². The molecule has 0 unspecified atom stereocenters. The third kappa shape index (κ3) is 3.09. The van der Waals surface area contributed by atoms with Crippen LogP contribution in [0.5, 0.6) is 0 Å². The van der Waals surface area contributed by atoms with Gasteiger partial charge in [0.1, 0.15) is 17.0 Å². The van der Waals surface area contributed by atoms with E-state index in [1.54, 1.807) is 24.9 Å². The van der Waals surface area contributed by atoms with Gasteiger partial charge in [-0.05, 0) is 37.3 Å². The summed E-state index contributed by atoms with van der Waals surface area (Å²) in [5.74, 6) is 0.255. The topological polar surface area (TPSA) is 46.3 Å². The number of benzene rings is 2. The van der Waals surface area contributed by atoms with E-state index in [1.165, 1.54) is 0 Å². The molecule has 0 radical (unpaired) electrons. The molecule has 3 aromatic rings. The Balaban J connectivity index is 2.03. The van der Waals surface area contributed by atoms with Crippen LogP contribution in [0.2, 0.25) is 5.02 Å². The van der Waals surface area contributed by atoms with Gasteiger partial charge in [0, 0.05) is 22.8 Å². The van der Waals surface area contributed by atoms with E-state index in [1.807, 2.05) is 42.5 Å². The summed E-state index contributed by atoms with van der Waals surface area (Å²) in [5.41, 5.74) is 2.30. The van der Waals surface area contributed by atoms with Crippen molar-refractivity contribution >= 4 is 39.1 Å². The van der Waals surface area contributed by atoms with Crippen molar-refractivity contribution in [3.05, 3.63) is 69.3 Å². The molecule has 1 amide bonds. The molecular formula is C18H14BrClN2O2. The predicted molar refractivity (Wildman–Crippen MR) is 98.6 cm³/mol. The Bertz CT molecular complexity index is 890. The largest absolute Gasteiger partial charge is 0.360 e. The Labute approximate surface area is 153 Å². The summed E-state index contributed by atoms with van der Waals surface area (Å²) >= 11 is 9.64. The molecule has 6 heteroatoms. The summed E-state index contributed by atoms with van der Waals surface area (Å²) in [5, 5.41) is 4.56. The zero-order valence-electron chi connectivity index (χ0n) is 13.1. The van der Waals surface area contributed by atoms with Crippen LogP contribution in [0.1, 0.15) is 16.1 Å². The Hall–Kier alpha value is -2.11. The van der Waals surface area contributed by atoms with Crippen LogP contribution < -0.4 is 4.90 Å². The predicted octanol–water partition coefficient (Wildman–Crippen LogP) is 5.34. The molecule has 0 aliphatic rings. The van der Waals surface area contributed by atoms with Crippen LogP contribution in [0.15, 0.2) is 57.5 Å². The van der Waals surface area contributed by atoms with Crippen LogP contribution in [0.4, 0.5) is 5.69 Å². The molecular weight excluding hydrogens is 392 g/mol. The van der Waals surface area contributed by atoms with E-state index >= 15 is 0 Å². The first-order valence-corrected chi connectivity index (χ1v) is 8.41. The minimum absolute atomic E-state index is 0.203. The second-order valence-electron chi connectivity index (χ2n) is 5.28. The second kappa shape index (κ2) is 6.79. The monoisotopic (exact) mass is 404 g/mol. The van der Waals surface area contributed by atoms with Crippen LogP contribution in [0.25, 0.3) is 11.3 Å². The van der Waals surface area contributed by atoms with Gasteiger partial charge in [-0.2, -0.15) is 0 Å². The fraction of sp³-hybridized carbons (Fsp3) is 0.111. The number of hydrogen-bond donors (Lipinski definition) is 0. The van der Waals surface area contributed by atoms with E-state index < -0.39 is 0 Å². The van der Waals surface area contributed by atoms with Gasteiger partial charge >= 0.3 is 0 Å². The smallest absolute Gasteiger partial charge is 0.263 e. The summed E-state index contributed by atoms with van der Waals surface area (Å²) in [6.07, 6.45) is 0. The fourth-order valence-electron chi connectivity index (χ4n) is 2.41. The average molecular weight is 406 g/mol. The van der Waals surface area contributed by atoms with Crippen LogP contribution in [0.3, 0.4) is 0 Å². The van der Waals surface area contributed by atoms with Crippen molar-refractivity contribution in [2.24, 2.45) is 0 Å². The zero-order chi connectivity index (χ0) is 17.3. The number of carbonyl (C=O) groups is 1. The number of carbonyl (C=O) groups excluding carboxylic acids is 1. The molecule has 0 bridgehead atoms. The highest BCUT2D eigenvalue weighted by atomic mass is 79.9. The van der Waals surface area contributed by atoms with E-state index in [-0.39, 0.29) is 5.91 Å². The Kier molecular flexibility index (Phi) is 4.73. The first-order valence-electron chi connectivity index (χ1n) is 7.24. The Morgan fingerprint density at radius 3 is 2.50 bits per heavy atom. The quantitative estimate of drug-likeness (QED) is 0.590. The summed E-state index contributed by atoms with van der Waals surface area (Å²) in [6, 6.07) is 14.7. The number of halogens is 2. The highest BCUT2D eigenvalue weighted by Crippen LogP contribution is 2.32. The number of rotatable bonds is 3. The minimum atomic E-state index is -0.203. The lowest BCUT2D eigenvalue weighted by Crippen LogP contribution is -2.27. The van der Waals surface area contributed by atoms with Crippen molar-refractivity contribution in [1.82, 2.24) is 5.16 Å². The van der Waals surface area contributed by atoms with E-state index in [0.29, 0.717) is 27.6 Å². The van der Waals surface area contributed by atoms with E-state index in [0.717, 1.165) is 10.2 Å². The zero-order valence-corrected chi connectivity index (χ0v) is 15.4. The number of nitrogens with zero attached hydrogens (tertiary/aromatic N) is 2. The lowest BCUT2D eigenvalue weighted by molar-refractivity contribution is 0.0992.